The minimum Gasteiger partial charge on any atom is -0.371 e. The van der Waals surface area contributed by atoms with Gasteiger partial charge in [-0.2, -0.15) is 0 Å². The number of amides is 2. The molecule has 3 rings (SSSR count). The molecule has 0 saturated carbocycles. The Bertz CT molecular complexity index is 812. The van der Waals surface area contributed by atoms with Crippen molar-refractivity contribution in [2.45, 2.75) is 19.8 Å². The van der Waals surface area contributed by atoms with Crippen LogP contribution in [0.5, 0.6) is 0 Å². The summed E-state index contributed by atoms with van der Waals surface area (Å²) in [7, 11) is 0. The molecule has 0 aliphatic carbocycles. The zero-order valence-electron chi connectivity index (χ0n) is 14.7. The van der Waals surface area contributed by atoms with Crippen molar-refractivity contribution in [3.8, 4) is 0 Å². The Morgan fingerprint density at radius 2 is 1.77 bits per heavy atom. The fourth-order valence-electron chi connectivity index (χ4n) is 3.12. The summed E-state index contributed by atoms with van der Waals surface area (Å²) in [4.78, 5) is 25.7. The molecule has 1 aliphatic rings. The van der Waals surface area contributed by atoms with E-state index in [4.69, 9.17) is 5.73 Å². The normalized spacial score (nSPS) is 14.9. The van der Waals surface area contributed by atoms with Gasteiger partial charge in [-0.25, -0.2) is 4.39 Å². The lowest BCUT2D eigenvalue weighted by molar-refractivity contribution is -0.122. The maximum atomic E-state index is 13.6. The van der Waals surface area contributed by atoms with Crippen LogP contribution in [0.15, 0.2) is 42.5 Å². The minimum atomic E-state index is -0.396. The number of benzene rings is 2. The number of hydrogen-bond acceptors (Lipinski definition) is 3. The van der Waals surface area contributed by atoms with Crippen LogP contribution in [0.2, 0.25) is 0 Å². The summed E-state index contributed by atoms with van der Waals surface area (Å²) < 4.78 is 13.6. The molecular weight excluding hydrogens is 333 g/mol. The highest BCUT2D eigenvalue weighted by atomic mass is 19.1. The number of anilines is 2. The molecule has 2 aromatic carbocycles. The maximum absolute atomic E-state index is 13.6. The van der Waals surface area contributed by atoms with E-state index in [1.807, 2.05) is 24.3 Å². The van der Waals surface area contributed by atoms with Crippen molar-refractivity contribution in [1.82, 2.24) is 0 Å². The Labute approximate surface area is 152 Å². The first kappa shape index (κ1) is 17.9. The average Bonchev–Trinajstić information content (AvgIpc) is 2.64. The lowest BCUT2D eigenvalue weighted by Gasteiger charge is -2.32. The van der Waals surface area contributed by atoms with E-state index >= 15 is 0 Å². The van der Waals surface area contributed by atoms with Crippen molar-refractivity contribution in [2.24, 2.45) is 11.7 Å². The van der Waals surface area contributed by atoms with Crippen LogP contribution in [-0.4, -0.2) is 24.9 Å². The van der Waals surface area contributed by atoms with E-state index < -0.39 is 5.82 Å². The van der Waals surface area contributed by atoms with Gasteiger partial charge >= 0.3 is 0 Å². The SMILES string of the molecule is Cc1ccc(C(=O)Nc2ccc(N3CCC(C(N)=O)CC3)cc2)cc1F. The lowest BCUT2D eigenvalue weighted by atomic mass is 9.96. The number of rotatable bonds is 4. The van der Waals surface area contributed by atoms with Crippen LogP contribution < -0.4 is 16.0 Å². The highest BCUT2D eigenvalue weighted by molar-refractivity contribution is 6.04. The van der Waals surface area contributed by atoms with Gasteiger partial charge in [0, 0.05) is 35.9 Å². The van der Waals surface area contributed by atoms with Crippen molar-refractivity contribution < 1.29 is 14.0 Å². The molecule has 3 N–H and O–H groups in total. The van der Waals surface area contributed by atoms with Crippen molar-refractivity contribution in [3.63, 3.8) is 0 Å². The molecule has 1 saturated heterocycles. The maximum Gasteiger partial charge on any atom is 0.255 e. The first-order valence-corrected chi connectivity index (χ1v) is 8.66. The molecule has 1 aliphatic heterocycles. The third-order valence-corrected chi connectivity index (χ3v) is 4.82. The van der Waals surface area contributed by atoms with Gasteiger partial charge in [-0.15, -0.1) is 0 Å². The molecule has 1 heterocycles. The number of carbonyl (C=O) groups is 2. The van der Waals surface area contributed by atoms with E-state index in [1.54, 1.807) is 19.1 Å². The number of nitrogens with one attached hydrogen (secondary N) is 1. The number of nitrogens with zero attached hydrogens (tertiary/aromatic N) is 1. The molecular formula is C20H22FN3O2. The zero-order chi connectivity index (χ0) is 18.7. The standard InChI is InChI=1S/C20H22FN3O2/c1-13-2-3-15(12-18(13)21)20(26)23-16-4-6-17(7-5-16)24-10-8-14(9-11-24)19(22)25/h2-7,12,14H,8-11H2,1H3,(H2,22,25)(H,23,26). The number of primary amides is 1. The summed E-state index contributed by atoms with van der Waals surface area (Å²) >= 11 is 0. The zero-order valence-corrected chi connectivity index (χ0v) is 14.7. The Morgan fingerprint density at radius 1 is 1.12 bits per heavy atom. The average molecular weight is 355 g/mol. The van der Waals surface area contributed by atoms with Gasteiger partial charge in [0.2, 0.25) is 5.91 Å². The van der Waals surface area contributed by atoms with Gasteiger partial charge in [0.25, 0.3) is 5.91 Å². The first-order chi connectivity index (χ1) is 12.4. The van der Waals surface area contributed by atoms with E-state index in [1.165, 1.54) is 6.07 Å². The van der Waals surface area contributed by atoms with E-state index in [2.05, 4.69) is 10.2 Å². The third kappa shape index (κ3) is 4.02. The fraction of sp³-hybridized carbons (Fsp3) is 0.300. The second kappa shape index (κ2) is 7.56. The highest BCUT2D eigenvalue weighted by Crippen LogP contribution is 2.24. The molecule has 136 valence electrons. The molecule has 2 amide bonds. The monoisotopic (exact) mass is 355 g/mol. The van der Waals surface area contributed by atoms with Gasteiger partial charge in [0.1, 0.15) is 5.82 Å². The summed E-state index contributed by atoms with van der Waals surface area (Å²) in [6.07, 6.45) is 1.51. The molecule has 1 fully saturated rings. The topological polar surface area (TPSA) is 75.4 Å². The first-order valence-electron chi connectivity index (χ1n) is 8.66. The quantitative estimate of drug-likeness (QED) is 0.885. The van der Waals surface area contributed by atoms with Crippen molar-refractivity contribution in [1.29, 1.82) is 0 Å². The lowest BCUT2D eigenvalue weighted by Crippen LogP contribution is -2.38. The van der Waals surface area contributed by atoms with Crippen LogP contribution >= 0.6 is 0 Å². The molecule has 0 spiro atoms. The molecule has 5 nitrogen and oxygen atoms in total. The Balaban J connectivity index is 1.62. The molecule has 0 aromatic heterocycles. The van der Waals surface area contributed by atoms with Gasteiger partial charge in [-0.05, 0) is 61.7 Å². The molecule has 6 heteroatoms. The van der Waals surface area contributed by atoms with E-state index in [0.29, 0.717) is 11.3 Å². The largest absolute Gasteiger partial charge is 0.371 e. The van der Waals surface area contributed by atoms with Crippen molar-refractivity contribution in [2.75, 3.05) is 23.3 Å². The van der Waals surface area contributed by atoms with Gasteiger partial charge in [-0.3, -0.25) is 9.59 Å². The Hall–Kier alpha value is -2.89. The number of nitrogens with two attached hydrogens (primary N) is 1. The van der Waals surface area contributed by atoms with Crippen molar-refractivity contribution >= 4 is 23.2 Å². The second-order valence-electron chi connectivity index (χ2n) is 6.63. The highest BCUT2D eigenvalue weighted by Gasteiger charge is 2.23. The predicted octanol–water partition coefficient (Wildman–Crippen LogP) is 3.09. The third-order valence-electron chi connectivity index (χ3n) is 4.82. The molecule has 0 bridgehead atoms. The predicted molar refractivity (Wildman–Crippen MR) is 99.7 cm³/mol. The van der Waals surface area contributed by atoms with Crippen LogP contribution in [0.3, 0.4) is 0 Å². The van der Waals surface area contributed by atoms with Crippen LogP contribution in [0.1, 0.15) is 28.8 Å². The summed E-state index contributed by atoms with van der Waals surface area (Å²) in [5.41, 5.74) is 7.83. The van der Waals surface area contributed by atoms with Gasteiger partial charge in [0.05, 0.1) is 0 Å². The van der Waals surface area contributed by atoms with E-state index in [9.17, 15) is 14.0 Å². The minimum absolute atomic E-state index is 0.0419. The number of carbonyl (C=O) groups excluding carboxylic acids is 2. The molecule has 2 aromatic rings. The number of aryl methyl sites for hydroxylation is 1. The summed E-state index contributed by atoms with van der Waals surface area (Å²) in [5.74, 6) is -1.01. The van der Waals surface area contributed by atoms with Gasteiger partial charge < -0.3 is 16.0 Å². The Morgan fingerprint density at radius 3 is 2.35 bits per heavy atom. The summed E-state index contributed by atoms with van der Waals surface area (Å²) in [5, 5.41) is 2.77. The number of piperidine rings is 1. The van der Waals surface area contributed by atoms with Crippen molar-refractivity contribution in [3.05, 3.63) is 59.4 Å². The molecule has 0 atom stereocenters. The van der Waals surface area contributed by atoms with E-state index in [0.717, 1.165) is 31.6 Å². The molecule has 26 heavy (non-hydrogen) atoms. The number of halogens is 1. The molecule has 0 radical (unpaired) electrons. The van der Waals surface area contributed by atoms with Crippen LogP contribution in [-0.2, 0) is 4.79 Å². The Kier molecular flexibility index (Phi) is 5.21. The van der Waals surface area contributed by atoms with Gasteiger partial charge in [0.15, 0.2) is 0 Å². The smallest absolute Gasteiger partial charge is 0.255 e. The fourth-order valence-corrected chi connectivity index (χ4v) is 3.12. The van der Waals surface area contributed by atoms with Crippen LogP contribution in [0.4, 0.5) is 15.8 Å². The summed E-state index contributed by atoms with van der Waals surface area (Å²) in [6.45, 7) is 3.21. The molecule has 0 unspecified atom stereocenters. The van der Waals surface area contributed by atoms with E-state index in [-0.39, 0.29) is 23.3 Å². The van der Waals surface area contributed by atoms with Gasteiger partial charge in [-0.1, -0.05) is 6.07 Å². The van der Waals surface area contributed by atoms with Crippen LogP contribution in [0, 0.1) is 18.7 Å². The number of hydrogen-bond donors (Lipinski definition) is 2. The second-order valence-corrected chi connectivity index (χ2v) is 6.63. The summed E-state index contributed by atoms with van der Waals surface area (Å²) in [6, 6.07) is 11.9. The van der Waals surface area contributed by atoms with Crippen LogP contribution in [0.25, 0.3) is 0 Å².